The lowest BCUT2D eigenvalue weighted by Gasteiger charge is -1.97. The lowest BCUT2D eigenvalue weighted by molar-refractivity contribution is 0.474. The lowest BCUT2D eigenvalue weighted by Crippen LogP contribution is -1.80. The highest BCUT2D eigenvalue weighted by molar-refractivity contribution is 9.10. The molecule has 0 aliphatic rings. The third-order valence-electron chi connectivity index (χ3n) is 3.76. The van der Waals surface area contributed by atoms with Gasteiger partial charge in [0.15, 0.2) is 5.58 Å². The molecule has 0 unspecified atom stereocenters. The number of nitrogens with zero attached hydrogens (tertiary/aromatic N) is 2. The molecule has 1 N–H and O–H groups in total. The minimum absolute atomic E-state index is 0.199. The molecule has 0 spiro atoms. The first-order valence-electron chi connectivity index (χ1n) is 7.68. The SMILES string of the molecule is Oc1ccccc1C=Nc1ccc2oc(-c3ccccc3Br)nc2c1. The molecule has 3 aromatic carbocycles. The summed E-state index contributed by atoms with van der Waals surface area (Å²) in [6, 6.07) is 20.4. The van der Waals surface area contributed by atoms with Gasteiger partial charge in [0.2, 0.25) is 5.89 Å². The summed E-state index contributed by atoms with van der Waals surface area (Å²) in [7, 11) is 0. The standard InChI is InChI=1S/C20H13BrN2O2/c21-16-7-3-2-6-15(16)20-23-17-11-14(9-10-19(17)25-20)22-12-13-5-1-4-8-18(13)24/h1-12,24H. The normalized spacial score (nSPS) is 11.4. The van der Waals surface area contributed by atoms with Crippen molar-refractivity contribution in [3.8, 4) is 17.2 Å². The predicted octanol–water partition coefficient (Wildman–Crippen LogP) is 5.71. The fourth-order valence-corrected chi connectivity index (χ4v) is 2.94. The van der Waals surface area contributed by atoms with Crippen LogP contribution in [0.25, 0.3) is 22.6 Å². The third kappa shape index (κ3) is 3.19. The highest BCUT2D eigenvalue weighted by Crippen LogP contribution is 2.31. The second-order valence-corrected chi connectivity index (χ2v) is 6.32. The number of aromatic hydroxyl groups is 1. The Kier molecular flexibility index (Phi) is 4.07. The van der Waals surface area contributed by atoms with Gasteiger partial charge in [-0.15, -0.1) is 0 Å². The van der Waals surface area contributed by atoms with Crippen LogP contribution in [0.15, 0.2) is 80.6 Å². The van der Waals surface area contributed by atoms with Gasteiger partial charge in [-0.1, -0.05) is 24.3 Å². The molecule has 0 aliphatic carbocycles. The molecule has 0 atom stereocenters. The molecule has 0 amide bonds. The Balaban J connectivity index is 1.69. The number of hydrogen-bond donors (Lipinski definition) is 1. The predicted molar refractivity (Wildman–Crippen MR) is 103 cm³/mol. The van der Waals surface area contributed by atoms with Crippen molar-refractivity contribution in [3.63, 3.8) is 0 Å². The molecular weight excluding hydrogens is 380 g/mol. The second kappa shape index (κ2) is 6.53. The average molecular weight is 393 g/mol. The van der Waals surface area contributed by atoms with Gasteiger partial charge in [0, 0.05) is 16.3 Å². The number of aromatic nitrogens is 1. The highest BCUT2D eigenvalue weighted by atomic mass is 79.9. The number of oxazole rings is 1. The van der Waals surface area contributed by atoms with Crippen molar-refractivity contribution < 1.29 is 9.52 Å². The highest BCUT2D eigenvalue weighted by Gasteiger charge is 2.11. The maximum Gasteiger partial charge on any atom is 0.228 e. The van der Waals surface area contributed by atoms with Crippen LogP contribution >= 0.6 is 15.9 Å². The summed E-state index contributed by atoms with van der Waals surface area (Å²) in [4.78, 5) is 8.97. The first kappa shape index (κ1) is 15.6. The number of halogens is 1. The maximum atomic E-state index is 9.79. The van der Waals surface area contributed by atoms with E-state index in [-0.39, 0.29) is 5.75 Å². The molecule has 1 heterocycles. The van der Waals surface area contributed by atoms with Gasteiger partial charge in [-0.25, -0.2) is 4.98 Å². The molecular formula is C20H13BrN2O2. The molecule has 0 aliphatic heterocycles. The van der Waals surface area contributed by atoms with Gasteiger partial charge < -0.3 is 9.52 Å². The minimum Gasteiger partial charge on any atom is -0.507 e. The van der Waals surface area contributed by atoms with Crippen LogP contribution in [0.1, 0.15) is 5.56 Å². The molecule has 4 rings (SSSR count). The molecule has 4 nitrogen and oxygen atoms in total. The minimum atomic E-state index is 0.199. The Morgan fingerprint density at radius 2 is 1.80 bits per heavy atom. The number of benzene rings is 3. The van der Waals surface area contributed by atoms with E-state index >= 15 is 0 Å². The van der Waals surface area contributed by atoms with E-state index in [1.165, 1.54) is 0 Å². The van der Waals surface area contributed by atoms with Crippen molar-refractivity contribution in [2.75, 3.05) is 0 Å². The largest absolute Gasteiger partial charge is 0.507 e. The zero-order valence-corrected chi connectivity index (χ0v) is 14.6. The van der Waals surface area contributed by atoms with Gasteiger partial charge in [0.05, 0.1) is 11.3 Å². The molecule has 122 valence electrons. The summed E-state index contributed by atoms with van der Waals surface area (Å²) in [5, 5.41) is 9.79. The molecule has 0 saturated heterocycles. The molecule has 0 saturated carbocycles. The smallest absolute Gasteiger partial charge is 0.228 e. The van der Waals surface area contributed by atoms with Gasteiger partial charge in [0.1, 0.15) is 11.3 Å². The van der Waals surface area contributed by atoms with Crippen LogP contribution < -0.4 is 0 Å². The summed E-state index contributed by atoms with van der Waals surface area (Å²) in [5.74, 6) is 0.759. The lowest BCUT2D eigenvalue weighted by atomic mass is 10.2. The Morgan fingerprint density at radius 1 is 1.00 bits per heavy atom. The summed E-state index contributed by atoms with van der Waals surface area (Å²) in [6.07, 6.45) is 1.63. The summed E-state index contributed by atoms with van der Waals surface area (Å²) >= 11 is 3.52. The van der Waals surface area contributed by atoms with Crippen molar-refractivity contribution in [2.24, 2.45) is 4.99 Å². The van der Waals surface area contributed by atoms with Gasteiger partial charge in [0.25, 0.3) is 0 Å². The summed E-state index contributed by atoms with van der Waals surface area (Å²) < 4.78 is 6.77. The van der Waals surface area contributed by atoms with Crippen molar-refractivity contribution in [3.05, 3.63) is 76.8 Å². The molecule has 4 aromatic rings. The van der Waals surface area contributed by atoms with Crippen molar-refractivity contribution >= 4 is 38.9 Å². The summed E-state index contributed by atoms with van der Waals surface area (Å²) in [5.41, 5.74) is 3.74. The first-order chi connectivity index (χ1) is 12.2. The van der Waals surface area contributed by atoms with Gasteiger partial charge in [-0.3, -0.25) is 4.99 Å². The number of phenols is 1. The molecule has 25 heavy (non-hydrogen) atoms. The number of phenolic OH excluding ortho intramolecular Hbond substituents is 1. The van der Waals surface area contributed by atoms with Crippen molar-refractivity contribution in [1.82, 2.24) is 4.98 Å². The number of aliphatic imine (C=N–C) groups is 1. The van der Waals surface area contributed by atoms with E-state index in [0.29, 0.717) is 17.0 Å². The number of fused-ring (bicyclic) bond motifs is 1. The van der Waals surface area contributed by atoms with E-state index < -0.39 is 0 Å². The van der Waals surface area contributed by atoms with Gasteiger partial charge in [-0.05, 0) is 58.4 Å². The Morgan fingerprint density at radius 3 is 2.64 bits per heavy atom. The third-order valence-corrected chi connectivity index (χ3v) is 4.46. The van der Waals surface area contributed by atoms with Crippen LogP contribution in [0.3, 0.4) is 0 Å². The molecule has 0 radical (unpaired) electrons. The van der Waals surface area contributed by atoms with Gasteiger partial charge >= 0.3 is 0 Å². The fraction of sp³-hybridized carbons (Fsp3) is 0. The fourth-order valence-electron chi connectivity index (χ4n) is 2.49. The van der Waals surface area contributed by atoms with E-state index in [2.05, 4.69) is 25.9 Å². The van der Waals surface area contributed by atoms with Crippen LogP contribution in [0.2, 0.25) is 0 Å². The second-order valence-electron chi connectivity index (χ2n) is 5.47. The van der Waals surface area contributed by atoms with Gasteiger partial charge in [-0.2, -0.15) is 0 Å². The molecule has 0 fully saturated rings. The molecule has 5 heteroatoms. The van der Waals surface area contributed by atoms with E-state index in [1.54, 1.807) is 24.4 Å². The van der Waals surface area contributed by atoms with E-state index in [4.69, 9.17) is 4.42 Å². The molecule has 1 aromatic heterocycles. The van der Waals surface area contributed by atoms with Crippen LogP contribution in [0.5, 0.6) is 5.75 Å². The van der Waals surface area contributed by atoms with E-state index in [9.17, 15) is 5.11 Å². The Bertz CT molecular complexity index is 1090. The van der Waals surface area contributed by atoms with E-state index in [1.807, 2.05) is 48.5 Å². The quantitative estimate of drug-likeness (QED) is 0.454. The average Bonchev–Trinajstić information content (AvgIpc) is 3.04. The zero-order chi connectivity index (χ0) is 17.2. The maximum absolute atomic E-state index is 9.79. The number of rotatable bonds is 3. The Labute approximate surface area is 152 Å². The monoisotopic (exact) mass is 392 g/mol. The van der Waals surface area contributed by atoms with Crippen LogP contribution in [-0.4, -0.2) is 16.3 Å². The first-order valence-corrected chi connectivity index (χ1v) is 8.47. The van der Waals surface area contributed by atoms with Crippen LogP contribution in [-0.2, 0) is 0 Å². The topological polar surface area (TPSA) is 58.6 Å². The number of para-hydroxylation sites is 1. The van der Waals surface area contributed by atoms with Crippen LogP contribution in [0, 0.1) is 0 Å². The van der Waals surface area contributed by atoms with E-state index in [0.717, 1.165) is 21.2 Å². The number of hydrogen-bond acceptors (Lipinski definition) is 4. The summed E-state index contributed by atoms with van der Waals surface area (Å²) in [6.45, 7) is 0. The van der Waals surface area contributed by atoms with Crippen molar-refractivity contribution in [2.45, 2.75) is 0 Å². The zero-order valence-electron chi connectivity index (χ0n) is 13.1. The molecule has 0 bridgehead atoms. The van der Waals surface area contributed by atoms with Crippen molar-refractivity contribution in [1.29, 1.82) is 0 Å². The Hall–Kier alpha value is -2.92. The van der Waals surface area contributed by atoms with Crippen LogP contribution in [0.4, 0.5) is 5.69 Å².